The molecule has 0 aliphatic carbocycles. The van der Waals surface area contributed by atoms with Crippen molar-refractivity contribution in [2.75, 3.05) is 0 Å². The van der Waals surface area contributed by atoms with Gasteiger partial charge >= 0.3 is 5.97 Å². The molecule has 2 heterocycles. The summed E-state index contributed by atoms with van der Waals surface area (Å²) in [6, 6.07) is 13.0. The van der Waals surface area contributed by atoms with Gasteiger partial charge < -0.3 is 14.1 Å². The average Bonchev–Trinajstić information content (AvgIpc) is 3.06. The number of aromatic carboxylic acids is 1. The van der Waals surface area contributed by atoms with Crippen LogP contribution in [0, 0.1) is 0 Å². The normalized spacial score (nSPS) is 10.7. The standard InChI is InChI=1S/C16H13NO3/c1-17-10-12(11-6-3-2-4-7-11)14(16(18)19)15(17)13-8-5-9-20-13/h2-10H,1H3,(H,18,19). The fourth-order valence-corrected chi connectivity index (χ4v) is 2.39. The van der Waals surface area contributed by atoms with Crippen molar-refractivity contribution in [3.05, 3.63) is 60.5 Å². The largest absolute Gasteiger partial charge is 0.478 e. The fourth-order valence-electron chi connectivity index (χ4n) is 2.39. The number of carboxylic acids is 1. The van der Waals surface area contributed by atoms with E-state index >= 15 is 0 Å². The number of hydrogen-bond donors (Lipinski definition) is 1. The summed E-state index contributed by atoms with van der Waals surface area (Å²) in [7, 11) is 1.82. The highest BCUT2D eigenvalue weighted by molar-refractivity contribution is 6.02. The van der Waals surface area contributed by atoms with Crippen LogP contribution in [0.1, 0.15) is 10.4 Å². The lowest BCUT2D eigenvalue weighted by Crippen LogP contribution is -2.00. The Morgan fingerprint density at radius 2 is 1.90 bits per heavy atom. The number of hydrogen-bond acceptors (Lipinski definition) is 2. The van der Waals surface area contributed by atoms with Gasteiger partial charge in [0.1, 0.15) is 0 Å². The second kappa shape index (κ2) is 4.74. The molecule has 1 N–H and O–H groups in total. The minimum Gasteiger partial charge on any atom is -0.478 e. The highest BCUT2D eigenvalue weighted by atomic mass is 16.4. The molecule has 3 rings (SSSR count). The molecule has 0 unspecified atom stereocenters. The van der Waals surface area contributed by atoms with Crippen LogP contribution in [0.4, 0.5) is 0 Å². The number of aromatic nitrogens is 1. The number of benzene rings is 1. The Labute approximate surface area is 115 Å². The van der Waals surface area contributed by atoms with Gasteiger partial charge in [-0.15, -0.1) is 0 Å². The maximum atomic E-state index is 11.7. The second-order valence-corrected chi connectivity index (χ2v) is 4.53. The molecule has 0 aliphatic rings. The highest BCUT2D eigenvalue weighted by Crippen LogP contribution is 2.34. The predicted octanol–water partition coefficient (Wildman–Crippen LogP) is 3.65. The van der Waals surface area contributed by atoms with Crippen molar-refractivity contribution in [3.8, 4) is 22.6 Å². The third kappa shape index (κ3) is 1.91. The second-order valence-electron chi connectivity index (χ2n) is 4.53. The molecule has 0 saturated carbocycles. The van der Waals surface area contributed by atoms with Crippen molar-refractivity contribution in [1.29, 1.82) is 0 Å². The summed E-state index contributed by atoms with van der Waals surface area (Å²) in [4.78, 5) is 11.7. The third-order valence-electron chi connectivity index (χ3n) is 3.23. The molecule has 3 aromatic rings. The molecule has 0 atom stereocenters. The van der Waals surface area contributed by atoms with Crippen LogP contribution in [0.5, 0.6) is 0 Å². The summed E-state index contributed by atoms with van der Waals surface area (Å²) in [5.74, 6) is -0.414. The lowest BCUT2D eigenvalue weighted by molar-refractivity contribution is 0.0698. The Kier molecular flexibility index (Phi) is 2.91. The van der Waals surface area contributed by atoms with E-state index in [-0.39, 0.29) is 5.56 Å². The molecule has 2 aromatic heterocycles. The van der Waals surface area contributed by atoms with Crippen LogP contribution < -0.4 is 0 Å². The van der Waals surface area contributed by atoms with E-state index in [9.17, 15) is 9.90 Å². The zero-order valence-electron chi connectivity index (χ0n) is 10.9. The Morgan fingerprint density at radius 1 is 1.15 bits per heavy atom. The Balaban J connectivity index is 2.28. The van der Waals surface area contributed by atoms with E-state index in [4.69, 9.17) is 4.42 Å². The van der Waals surface area contributed by atoms with E-state index in [1.54, 1.807) is 16.7 Å². The molecule has 0 aliphatic heterocycles. The van der Waals surface area contributed by atoms with Gasteiger partial charge in [-0.2, -0.15) is 0 Å². The van der Waals surface area contributed by atoms with Crippen LogP contribution in [0.25, 0.3) is 22.6 Å². The monoisotopic (exact) mass is 267 g/mol. The summed E-state index contributed by atoms with van der Waals surface area (Å²) in [6.07, 6.45) is 3.35. The fraction of sp³-hybridized carbons (Fsp3) is 0.0625. The molecule has 0 spiro atoms. The van der Waals surface area contributed by atoms with Crippen LogP contribution in [-0.4, -0.2) is 15.6 Å². The number of furan rings is 1. The topological polar surface area (TPSA) is 55.4 Å². The van der Waals surface area contributed by atoms with Gasteiger partial charge in [-0.3, -0.25) is 0 Å². The van der Waals surface area contributed by atoms with E-state index in [2.05, 4.69) is 0 Å². The van der Waals surface area contributed by atoms with E-state index in [0.717, 1.165) is 5.56 Å². The molecular weight excluding hydrogens is 254 g/mol. The lowest BCUT2D eigenvalue weighted by atomic mass is 10.0. The summed E-state index contributed by atoms with van der Waals surface area (Å²) in [5, 5.41) is 9.56. The van der Waals surface area contributed by atoms with Gasteiger partial charge in [0.05, 0.1) is 17.5 Å². The van der Waals surface area contributed by atoms with Gasteiger partial charge in [0.15, 0.2) is 5.76 Å². The van der Waals surface area contributed by atoms with Crippen molar-refractivity contribution < 1.29 is 14.3 Å². The van der Waals surface area contributed by atoms with E-state index in [0.29, 0.717) is 17.0 Å². The van der Waals surface area contributed by atoms with E-state index in [1.165, 1.54) is 6.26 Å². The van der Waals surface area contributed by atoms with Crippen molar-refractivity contribution in [2.24, 2.45) is 7.05 Å². The highest BCUT2D eigenvalue weighted by Gasteiger charge is 2.23. The number of nitrogens with zero attached hydrogens (tertiary/aromatic N) is 1. The van der Waals surface area contributed by atoms with Crippen molar-refractivity contribution in [3.63, 3.8) is 0 Å². The van der Waals surface area contributed by atoms with Crippen LogP contribution in [0.3, 0.4) is 0 Å². The van der Waals surface area contributed by atoms with Crippen LogP contribution in [-0.2, 0) is 7.05 Å². The van der Waals surface area contributed by atoms with Crippen LogP contribution >= 0.6 is 0 Å². The number of carboxylic acid groups (broad SMARTS) is 1. The molecule has 20 heavy (non-hydrogen) atoms. The molecule has 4 heteroatoms. The zero-order chi connectivity index (χ0) is 14.1. The van der Waals surface area contributed by atoms with Crippen molar-refractivity contribution >= 4 is 5.97 Å². The molecule has 1 aromatic carbocycles. The first-order chi connectivity index (χ1) is 9.68. The predicted molar refractivity (Wildman–Crippen MR) is 75.5 cm³/mol. The summed E-state index contributed by atoms with van der Waals surface area (Å²) in [6.45, 7) is 0. The summed E-state index contributed by atoms with van der Waals surface area (Å²) < 4.78 is 7.14. The van der Waals surface area contributed by atoms with Crippen LogP contribution in [0.2, 0.25) is 0 Å². The Morgan fingerprint density at radius 3 is 2.50 bits per heavy atom. The van der Waals surface area contributed by atoms with Crippen molar-refractivity contribution in [1.82, 2.24) is 4.57 Å². The average molecular weight is 267 g/mol. The first kappa shape index (κ1) is 12.3. The van der Waals surface area contributed by atoms with Crippen LogP contribution in [0.15, 0.2) is 59.3 Å². The first-order valence-electron chi connectivity index (χ1n) is 6.20. The summed E-state index contributed by atoms with van der Waals surface area (Å²) >= 11 is 0. The molecule has 0 bridgehead atoms. The van der Waals surface area contributed by atoms with Gasteiger partial charge in [0.2, 0.25) is 0 Å². The van der Waals surface area contributed by atoms with Gasteiger partial charge in [-0.05, 0) is 17.7 Å². The zero-order valence-corrected chi connectivity index (χ0v) is 10.9. The molecule has 100 valence electrons. The van der Waals surface area contributed by atoms with Gasteiger partial charge in [0, 0.05) is 18.8 Å². The quantitative estimate of drug-likeness (QED) is 0.788. The summed E-state index contributed by atoms with van der Waals surface area (Å²) in [5.41, 5.74) is 2.39. The number of aryl methyl sites for hydroxylation is 1. The van der Waals surface area contributed by atoms with Gasteiger partial charge in [-0.25, -0.2) is 4.79 Å². The van der Waals surface area contributed by atoms with Gasteiger partial charge in [0.25, 0.3) is 0 Å². The van der Waals surface area contributed by atoms with Crippen molar-refractivity contribution in [2.45, 2.75) is 0 Å². The molecular formula is C16H13NO3. The van der Waals surface area contributed by atoms with E-state index < -0.39 is 5.97 Å². The smallest absolute Gasteiger partial charge is 0.338 e. The van der Waals surface area contributed by atoms with E-state index in [1.807, 2.05) is 43.6 Å². The molecule has 0 radical (unpaired) electrons. The maximum Gasteiger partial charge on any atom is 0.338 e. The number of carbonyl (C=O) groups is 1. The molecule has 4 nitrogen and oxygen atoms in total. The molecule has 0 fully saturated rings. The third-order valence-corrected chi connectivity index (χ3v) is 3.23. The van der Waals surface area contributed by atoms with Gasteiger partial charge in [-0.1, -0.05) is 30.3 Å². The minimum atomic E-state index is -0.962. The lowest BCUT2D eigenvalue weighted by Gasteiger charge is -2.03. The maximum absolute atomic E-state index is 11.7. The Hall–Kier alpha value is -2.75. The molecule has 0 amide bonds. The Bertz CT molecular complexity index is 740. The first-order valence-corrected chi connectivity index (χ1v) is 6.20. The molecule has 0 saturated heterocycles. The number of rotatable bonds is 3. The minimum absolute atomic E-state index is 0.258. The SMILES string of the molecule is Cn1cc(-c2ccccc2)c(C(=O)O)c1-c1ccco1.